The molecule has 2 heterocycles. The molecule has 1 saturated heterocycles. The van der Waals surface area contributed by atoms with Crippen LogP contribution in [0.3, 0.4) is 0 Å². The molecule has 1 atom stereocenters. The lowest BCUT2D eigenvalue weighted by Gasteiger charge is -2.29. The fourth-order valence-corrected chi connectivity index (χ4v) is 5.06. The van der Waals surface area contributed by atoms with Crippen LogP contribution in [0.4, 0.5) is 10.5 Å². The van der Waals surface area contributed by atoms with Crippen molar-refractivity contribution in [2.75, 3.05) is 25.0 Å². The second-order valence-electron chi connectivity index (χ2n) is 9.06. The van der Waals surface area contributed by atoms with Crippen molar-refractivity contribution in [2.24, 2.45) is 0 Å². The van der Waals surface area contributed by atoms with Crippen molar-refractivity contribution in [1.29, 1.82) is 0 Å². The van der Waals surface area contributed by atoms with Gasteiger partial charge in [-0.25, -0.2) is 4.79 Å². The summed E-state index contributed by atoms with van der Waals surface area (Å²) in [7, 11) is 0. The van der Waals surface area contributed by atoms with E-state index in [0.29, 0.717) is 31.9 Å². The number of nitrogens with one attached hydrogen (secondary N) is 1. The molecule has 35 heavy (non-hydrogen) atoms. The zero-order valence-corrected chi connectivity index (χ0v) is 21.2. The quantitative estimate of drug-likeness (QED) is 0.423. The third-order valence-electron chi connectivity index (χ3n) is 6.08. The molecule has 3 aromatic rings. The van der Waals surface area contributed by atoms with Crippen LogP contribution in [0.2, 0.25) is 0 Å². The standard InChI is InChI=1S/C28H33N3O3S/c1-21-10-13-24(14-11-21)29-28(33)31(18-25-9-6-16-34-25)20-27(32)30(17-23-7-4-3-5-8-23)19-26-15-12-22(2)35-26/h3-5,7-8,10-15,25H,6,9,16-20H2,1-2H3,(H,29,33). The van der Waals surface area contributed by atoms with E-state index >= 15 is 0 Å². The molecule has 0 saturated carbocycles. The molecule has 1 aromatic heterocycles. The van der Waals surface area contributed by atoms with Crippen LogP contribution < -0.4 is 5.32 Å². The molecule has 0 bridgehead atoms. The number of hydrogen-bond acceptors (Lipinski definition) is 4. The molecule has 184 valence electrons. The van der Waals surface area contributed by atoms with Gasteiger partial charge >= 0.3 is 6.03 Å². The fourth-order valence-electron chi connectivity index (χ4n) is 4.15. The van der Waals surface area contributed by atoms with E-state index in [1.54, 1.807) is 16.2 Å². The molecule has 2 aromatic carbocycles. The van der Waals surface area contributed by atoms with E-state index in [9.17, 15) is 9.59 Å². The molecular formula is C28H33N3O3S. The molecule has 1 N–H and O–H groups in total. The zero-order valence-electron chi connectivity index (χ0n) is 20.4. The first-order chi connectivity index (χ1) is 17.0. The van der Waals surface area contributed by atoms with Crippen LogP contribution in [0.25, 0.3) is 0 Å². The smallest absolute Gasteiger partial charge is 0.322 e. The monoisotopic (exact) mass is 491 g/mol. The maximum Gasteiger partial charge on any atom is 0.322 e. The number of carbonyl (C=O) groups is 2. The summed E-state index contributed by atoms with van der Waals surface area (Å²) in [5.41, 5.74) is 2.89. The number of ether oxygens (including phenoxy) is 1. The van der Waals surface area contributed by atoms with E-state index in [1.807, 2.05) is 66.4 Å². The molecule has 3 amide bonds. The molecule has 0 radical (unpaired) electrons. The number of anilines is 1. The van der Waals surface area contributed by atoms with Gasteiger partial charge in [0.2, 0.25) is 5.91 Å². The van der Waals surface area contributed by atoms with Gasteiger partial charge in [0.05, 0.1) is 12.6 Å². The Hall–Kier alpha value is -3.16. The Labute approximate surface area is 211 Å². The molecule has 6 nitrogen and oxygen atoms in total. The highest BCUT2D eigenvalue weighted by Gasteiger charge is 2.27. The number of urea groups is 1. The van der Waals surface area contributed by atoms with E-state index in [-0.39, 0.29) is 24.6 Å². The minimum absolute atomic E-state index is 0.00521. The lowest BCUT2D eigenvalue weighted by molar-refractivity contribution is -0.133. The first-order valence-electron chi connectivity index (χ1n) is 12.1. The summed E-state index contributed by atoms with van der Waals surface area (Å²) in [6, 6.07) is 21.5. The van der Waals surface area contributed by atoms with Gasteiger partial charge in [0.15, 0.2) is 0 Å². The summed E-state index contributed by atoms with van der Waals surface area (Å²) < 4.78 is 5.79. The summed E-state index contributed by atoms with van der Waals surface area (Å²) in [5, 5.41) is 2.95. The van der Waals surface area contributed by atoms with Gasteiger partial charge in [-0.15, -0.1) is 11.3 Å². The number of thiophene rings is 1. The molecule has 4 rings (SSSR count). The van der Waals surface area contributed by atoms with E-state index in [1.165, 1.54) is 4.88 Å². The van der Waals surface area contributed by atoms with Crippen LogP contribution in [0.5, 0.6) is 0 Å². The maximum atomic E-state index is 13.6. The highest BCUT2D eigenvalue weighted by Crippen LogP contribution is 2.20. The van der Waals surface area contributed by atoms with Crippen LogP contribution in [-0.2, 0) is 22.6 Å². The lowest BCUT2D eigenvalue weighted by Crippen LogP contribution is -2.46. The van der Waals surface area contributed by atoms with Gasteiger partial charge in [-0.2, -0.15) is 0 Å². The number of aryl methyl sites for hydroxylation is 2. The molecular weight excluding hydrogens is 458 g/mol. The minimum atomic E-state index is -0.288. The molecule has 0 spiro atoms. The Morgan fingerprint density at radius 1 is 0.971 bits per heavy atom. The predicted octanol–water partition coefficient (Wildman–Crippen LogP) is 5.61. The van der Waals surface area contributed by atoms with Crippen molar-refractivity contribution in [3.8, 4) is 0 Å². The third kappa shape index (κ3) is 7.41. The molecule has 1 fully saturated rings. The van der Waals surface area contributed by atoms with Gasteiger partial charge in [0.25, 0.3) is 0 Å². The van der Waals surface area contributed by atoms with Crippen molar-refractivity contribution in [3.05, 3.63) is 87.6 Å². The molecule has 0 aliphatic carbocycles. The van der Waals surface area contributed by atoms with E-state index in [4.69, 9.17) is 4.74 Å². The van der Waals surface area contributed by atoms with Crippen LogP contribution in [0.1, 0.15) is 33.7 Å². The van der Waals surface area contributed by atoms with Crippen molar-refractivity contribution < 1.29 is 14.3 Å². The zero-order chi connectivity index (χ0) is 24.6. The first-order valence-corrected chi connectivity index (χ1v) is 12.9. The van der Waals surface area contributed by atoms with Gasteiger partial charge in [-0.1, -0.05) is 48.0 Å². The number of benzene rings is 2. The summed E-state index contributed by atoms with van der Waals surface area (Å²) in [6.45, 7) is 6.16. The van der Waals surface area contributed by atoms with Gasteiger partial charge < -0.3 is 19.9 Å². The SMILES string of the molecule is Cc1ccc(NC(=O)N(CC(=O)N(Cc2ccccc2)Cc2ccc(C)s2)CC2CCCO2)cc1. The van der Waals surface area contributed by atoms with Gasteiger partial charge in [-0.05, 0) is 56.5 Å². The average molecular weight is 492 g/mol. The number of hydrogen-bond donors (Lipinski definition) is 1. The van der Waals surface area contributed by atoms with Crippen LogP contribution in [0, 0.1) is 13.8 Å². The molecule has 1 unspecified atom stereocenters. The summed E-state index contributed by atoms with van der Waals surface area (Å²) in [5.74, 6) is -0.0861. The number of rotatable bonds is 9. The Morgan fingerprint density at radius 2 is 1.74 bits per heavy atom. The second-order valence-corrected chi connectivity index (χ2v) is 10.4. The van der Waals surface area contributed by atoms with Gasteiger partial charge in [0.1, 0.15) is 6.54 Å². The van der Waals surface area contributed by atoms with Crippen molar-refractivity contribution >= 4 is 29.0 Å². The van der Waals surface area contributed by atoms with Crippen LogP contribution in [0.15, 0.2) is 66.7 Å². The molecule has 1 aliphatic rings. The average Bonchev–Trinajstić information content (AvgIpc) is 3.52. The maximum absolute atomic E-state index is 13.6. The predicted molar refractivity (Wildman–Crippen MR) is 140 cm³/mol. The van der Waals surface area contributed by atoms with Crippen LogP contribution in [-0.4, -0.2) is 47.5 Å². The Bertz CT molecular complexity index is 1110. The van der Waals surface area contributed by atoms with E-state index in [0.717, 1.165) is 28.8 Å². The Balaban J connectivity index is 1.50. The summed E-state index contributed by atoms with van der Waals surface area (Å²) >= 11 is 1.69. The molecule has 1 aliphatic heterocycles. The Kier molecular flexibility index (Phi) is 8.55. The summed E-state index contributed by atoms with van der Waals surface area (Å²) in [6.07, 6.45) is 1.82. The van der Waals surface area contributed by atoms with Crippen molar-refractivity contribution in [3.63, 3.8) is 0 Å². The number of amides is 3. The lowest BCUT2D eigenvalue weighted by atomic mass is 10.2. The third-order valence-corrected chi connectivity index (χ3v) is 7.06. The normalized spacial score (nSPS) is 15.1. The van der Waals surface area contributed by atoms with Gasteiger partial charge in [0, 0.05) is 35.1 Å². The number of nitrogens with zero attached hydrogens (tertiary/aromatic N) is 2. The first kappa shape index (κ1) is 24.9. The number of carbonyl (C=O) groups excluding carboxylic acids is 2. The van der Waals surface area contributed by atoms with Crippen LogP contribution >= 0.6 is 11.3 Å². The van der Waals surface area contributed by atoms with E-state index < -0.39 is 0 Å². The van der Waals surface area contributed by atoms with Crippen molar-refractivity contribution in [2.45, 2.75) is 45.9 Å². The van der Waals surface area contributed by atoms with Crippen molar-refractivity contribution in [1.82, 2.24) is 9.80 Å². The highest BCUT2D eigenvalue weighted by molar-refractivity contribution is 7.11. The highest BCUT2D eigenvalue weighted by atomic mass is 32.1. The topological polar surface area (TPSA) is 61.9 Å². The summed E-state index contributed by atoms with van der Waals surface area (Å²) in [4.78, 5) is 32.6. The van der Waals surface area contributed by atoms with E-state index in [2.05, 4.69) is 24.4 Å². The molecule has 7 heteroatoms. The minimum Gasteiger partial charge on any atom is -0.376 e. The Morgan fingerprint density at radius 3 is 2.40 bits per heavy atom. The second kappa shape index (κ2) is 12.0. The fraction of sp³-hybridized carbons (Fsp3) is 0.357. The van der Waals surface area contributed by atoms with Gasteiger partial charge in [-0.3, -0.25) is 4.79 Å². The largest absolute Gasteiger partial charge is 0.376 e.